The summed E-state index contributed by atoms with van der Waals surface area (Å²) in [6.45, 7) is 4.35. The molecule has 106 valence electrons. The highest BCUT2D eigenvalue weighted by Gasteiger charge is 2.17. The summed E-state index contributed by atoms with van der Waals surface area (Å²) in [4.78, 5) is 11.1. The van der Waals surface area contributed by atoms with E-state index in [1.807, 2.05) is 18.2 Å². The Bertz CT molecular complexity index is 613. The van der Waals surface area contributed by atoms with E-state index < -0.39 is 5.97 Å². The summed E-state index contributed by atoms with van der Waals surface area (Å²) in [5, 5.41) is 13.1. The Morgan fingerprint density at radius 1 is 1.30 bits per heavy atom. The fourth-order valence-electron chi connectivity index (χ4n) is 2.64. The van der Waals surface area contributed by atoms with Gasteiger partial charge in [0, 0.05) is 12.6 Å². The van der Waals surface area contributed by atoms with Crippen LogP contribution in [-0.4, -0.2) is 20.9 Å². The maximum Gasteiger partial charge on any atom is 0.356 e. The maximum atomic E-state index is 11.1. The molecule has 0 aliphatic heterocycles. The minimum atomic E-state index is -0.994. The Balaban J connectivity index is 2.55. The van der Waals surface area contributed by atoms with Gasteiger partial charge in [-0.2, -0.15) is 5.10 Å². The summed E-state index contributed by atoms with van der Waals surface area (Å²) in [6.07, 6.45) is 2.13. The second-order valence-corrected chi connectivity index (χ2v) is 4.94. The molecule has 20 heavy (non-hydrogen) atoms. The van der Waals surface area contributed by atoms with Gasteiger partial charge in [-0.3, -0.25) is 4.68 Å². The Morgan fingerprint density at radius 2 is 1.95 bits per heavy atom. The van der Waals surface area contributed by atoms with Gasteiger partial charge in [0.05, 0.1) is 5.69 Å². The number of rotatable bonds is 5. The lowest BCUT2D eigenvalue weighted by atomic mass is 9.89. The van der Waals surface area contributed by atoms with E-state index in [4.69, 9.17) is 5.11 Å². The van der Waals surface area contributed by atoms with Crippen LogP contribution in [0.1, 0.15) is 48.7 Å². The fraction of sp³-hybridized carbons (Fsp3) is 0.375. The van der Waals surface area contributed by atoms with Crippen LogP contribution in [-0.2, 0) is 7.05 Å². The fourth-order valence-corrected chi connectivity index (χ4v) is 2.64. The average molecular weight is 272 g/mol. The van der Waals surface area contributed by atoms with Crippen LogP contribution >= 0.6 is 0 Å². The van der Waals surface area contributed by atoms with Crippen molar-refractivity contribution in [3.05, 3.63) is 41.6 Å². The first kappa shape index (κ1) is 14.3. The molecule has 4 heteroatoms. The van der Waals surface area contributed by atoms with E-state index in [1.54, 1.807) is 17.8 Å². The number of hydrogen-bond acceptors (Lipinski definition) is 2. The van der Waals surface area contributed by atoms with E-state index in [2.05, 4.69) is 25.0 Å². The zero-order chi connectivity index (χ0) is 14.7. The zero-order valence-corrected chi connectivity index (χ0v) is 12.1. The van der Waals surface area contributed by atoms with E-state index in [0.717, 1.165) is 24.1 Å². The molecule has 0 unspecified atom stereocenters. The predicted octanol–water partition coefficient (Wildman–Crippen LogP) is 3.69. The summed E-state index contributed by atoms with van der Waals surface area (Å²) in [5.74, 6) is -0.513. The molecule has 2 aromatic rings. The van der Waals surface area contributed by atoms with Crippen molar-refractivity contribution in [2.24, 2.45) is 7.05 Å². The first-order valence-electron chi connectivity index (χ1n) is 6.95. The lowest BCUT2D eigenvalue weighted by molar-refractivity contribution is 0.0689. The number of benzene rings is 1. The minimum Gasteiger partial charge on any atom is -0.476 e. The van der Waals surface area contributed by atoms with Crippen molar-refractivity contribution in [1.82, 2.24) is 9.78 Å². The minimum absolute atomic E-state index is 0.0850. The van der Waals surface area contributed by atoms with Gasteiger partial charge >= 0.3 is 5.97 Å². The smallest absolute Gasteiger partial charge is 0.356 e. The number of aromatic nitrogens is 2. The molecule has 1 N–H and O–H groups in total. The monoisotopic (exact) mass is 272 g/mol. The van der Waals surface area contributed by atoms with E-state index in [1.165, 1.54) is 5.56 Å². The standard InChI is InChI=1S/C16H20N2O2/c1-4-11(5-2)12-8-6-7-9-13(12)15-10-14(16(19)20)17-18(15)3/h6-11H,4-5H2,1-3H3,(H,19,20). The van der Waals surface area contributed by atoms with Gasteiger partial charge in [0.25, 0.3) is 0 Å². The van der Waals surface area contributed by atoms with Crippen molar-refractivity contribution in [3.63, 3.8) is 0 Å². The first-order chi connectivity index (χ1) is 9.58. The van der Waals surface area contributed by atoms with Crippen LogP contribution in [0.25, 0.3) is 11.3 Å². The van der Waals surface area contributed by atoms with Crippen LogP contribution < -0.4 is 0 Å². The largest absolute Gasteiger partial charge is 0.476 e. The highest BCUT2D eigenvalue weighted by atomic mass is 16.4. The molecule has 0 saturated heterocycles. The lowest BCUT2D eigenvalue weighted by Gasteiger charge is -2.17. The molecule has 0 bridgehead atoms. The van der Waals surface area contributed by atoms with Crippen LogP contribution in [0.3, 0.4) is 0 Å². The summed E-state index contributed by atoms with van der Waals surface area (Å²) < 4.78 is 1.64. The van der Waals surface area contributed by atoms with Crippen molar-refractivity contribution < 1.29 is 9.90 Å². The van der Waals surface area contributed by atoms with E-state index >= 15 is 0 Å². The van der Waals surface area contributed by atoms with Crippen molar-refractivity contribution in [2.75, 3.05) is 0 Å². The number of carbonyl (C=O) groups is 1. The number of nitrogens with zero attached hydrogens (tertiary/aromatic N) is 2. The molecule has 0 spiro atoms. The number of aromatic carboxylic acids is 1. The van der Waals surface area contributed by atoms with E-state index in [0.29, 0.717) is 5.92 Å². The van der Waals surface area contributed by atoms with Crippen LogP contribution in [0, 0.1) is 0 Å². The molecule has 2 rings (SSSR count). The maximum absolute atomic E-state index is 11.1. The van der Waals surface area contributed by atoms with Crippen molar-refractivity contribution >= 4 is 5.97 Å². The summed E-state index contributed by atoms with van der Waals surface area (Å²) >= 11 is 0. The van der Waals surface area contributed by atoms with Crippen molar-refractivity contribution in [1.29, 1.82) is 0 Å². The third-order valence-electron chi connectivity index (χ3n) is 3.76. The first-order valence-corrected chi connectivity index (χ1v) is 6.95. The molecule has 1 aromatic heterocycles. The van der Waals surface area contributed by atoms with Gasteiger partial charge in [-0.1, -0.05) is 38.1 Å². The average Bonchev–Trinajstić information content (AvgIpc) is 2.83. The molecular weight excluding hydrogens is 252 g/mol. The van der Waals surface area contributed by atoms with Crippen LogP contribution in [0.4, 0.5) is 0 Å². The molecule has 0 saturated carbocycles. The Hall–Kier alpha value is -2.10. The third kappa shape index (κ3) is 2.59. The molecule has 0 radical (unpaired) electrons. The Labute approximate surface area is 119 Å². The molecule has 1 heterocycles. The van der Waals surface area contributed by atoms with Gasteiger partial charge in [0.2, 0.25) is 0 Å². The van der Waals surface area contributed by atoms with Gasteiger partial charge < -0.3 is 5.11 Å². The molecular formula is C16H20N2O2. The molecule has 0 amide bonds. The van der Waals surface area contributed by atoms with Crippen molar-refractivity contribution in [2.45, 2.75) is 32.6 Å². The summed E-state index contributed by atoms with van der Waals surface area (Å²) in [6, 6.07) is 9.82. The highest BCUT2D eigenvalue weighted by molar-refractivity contribution is 5.87. The normalized spacial score (nSPS) is 11.0. The van der Waals surface area contributed by atoms with Crippen LogP contribution in [0.15, 0.2) is 30.3 Å². The van der Waals surface area contributed by atoms with Gasteiger partial charge in [-0.25, -0.2) is 4.79 Å². The molecule has 0 fully saturated rings. The SMILES string of the molecule is CCC(CC)c1ccccc1-c1cc(C(=O)O)nn1C. The molecule has 0 aliphatic rings. The highest BCUT2D eigenvalue weighted by Crippen LogP contribution is 2.32. The lowest BCUT2D eigenvalue weighted by Crippen LogP contribution is -2.02. The number of hydrogen-bond donors (Lipinski definition) is 1. The summed E-state index contributed by atoms with van der Waals surface area (Å²) in [5.41, 5.74) is 3.27. The molecule has 0 aliphatic carbocycles. The van der Waals surface area contributed by atoms with E-state index in [-0.39, 0.29) is 5.69 Å². The number of aryl methyl sites for hydroxylation is 1. The van der Waals surface area contributed by atoms with Crippen molar-refractivity contribution in [3.8, 4) is 11.3 Å². The van der Waals surface area contributed by atoms with Crippen LogP contribution in [0.5, 0.6) is 0 Å². The van der Waals surface area contributed by atoms with Gasteiger partial charge in [-0.05, 0) is 30.4 Å². The number of carboxylic acids is 1. The van der Waals surface area contributed by atoms with Gasteiger partial charge in [0.1, 0.15) is 0 Å². The number of carboxylic acid groups (broad SMARTS) is 1. The second kappa shape index (κ2) is 5.90. The topological polar surface area (TPSA) is 55.1 Å². The van der Waals surface area contributed by atoms with Gasteiger partial charge in [0.15, 0.2) is 5.69 Å². The molecule has 4 nitrogen and oxygen atoms in total. The van der Waals surface area contributed by atoms with E-state index in [9.17, 15) is 4.79 Å². The third-order valence-corrected chi connectivity index (χ3v) is 3.76. The summed E-state index contributed by atoms with van der Waals surface area (Å²) in [7, 11) is 1.78. The Morgan fingerprint density at radius 3 is 2.50 bits per heavy atom. The quantitative estimate of drug-likeness (QED) is 0.903. The predicted molar refractivity (Wildman–Crippen MR) is 78.9 cm³/mol. The second-order valence-electron chi connectivity index (χ2n) is 4.94. The molecule has 0 atom stereocenters. The van der Waals surface area contributed by atoms with Crippen LogP contribution in [0.2, 0.25) is 0 Å². The molecule has 1 aromatic carbocycles. The van der Waals surface area contributed by atoms with Gasteiger partial charge in [-0.15, -0.1) is 0 Å². The Kier molecular flexibility index (Phi) is 4.23. The zero-order valence-electron chi connectivity index (χ0n) is 12.1.